The molecule has 1 amide bonds. The van der Waals surface area contributed by atoms with Gasteiger partial charge in [-0.3, -0.25) is 9.89 Å². The standard InChI is InChI=1S/C19H20N4O3S/c1-13-9-15-12-21-22-18(15)17(10-13)27(25,26)23-8-7-16(23)19(24)20-11-14-5-3-2-4-6-14/h2-6,9-10,12,16H,7-8,11H2,1H3,(H,20,24)(H,21,22)/t16-/m0/s1. The van der Waals surface area contributed by atoms with Crippen LogP contribution in [0.5, 0.6) is 0 Å². The molecule has 7 nitrogen and oxygen atoms in total. The van der Waals surface area contributed by atoms with E-state index in [-0.39, 0.29) is 10.8 Å². The zero-order chi connectivity index (χ0) is 19.0. The van der Waals surface area contributed by atoms with Crippen molar-refractivity contribution in [1.29, 1.82) is 0 Å². The van der Waals surface area contributed by atoms with Gasteiger partial charge in [0.05, 0.1) is 11.7 Å². The van der Waals surface area contributed by atoms with Gasteiger partial charge in [0.1, 0.15) is 10.9 Å². The van der Waals surface area contributed by atoms with Crippen LogP contribution in [0.3, 0.4) is 0 Å². The Kier molecular flexibility index (Phi) is 4.45. The number of aromatic amines is 1. The van der Waals surface area contributed by atoms with Crippen LogP contribution in [-0.2, 0) is 21.4 Å². The Hall–Kier alpha value is -2.71. The molecule has 1 aromatic heterocycles. The van der Waals surface area contributed by atoms with E-state index in [0.29, 0.717) is 25.0 Å². The van der Waals surface area contributed by atoms with Gasteiger partial charge in [-0.05, 0) is 36.6 Å². The van der Waals surface area contributed by atoms with E-state index in [1.807, 2.05) is 43.3 Å². The van der Waals surface area contributed by atoms with Crippen molar-refractivity contribution in [2.24, 2.45) is 0 Å². The number of amides is 1. The second kappa shape index (κ2) is 6.79. The molecule has 8 heteroatoms. The molecule has 4 rings (SSSR count). The van der Waals surface area contributed by atoms with E-state index >= 15 is 0 Å². The number of fused-ring (bicyclic) bond motifs is 1. The van der Waals surface area contributed by atoms with Crippen LogP contribution in [0.15, 0.2) is 53.6 Å². The lowest BCUT2D eigenvalue weighted by molar-refractivity contribution is -0.127. The lowest BCUT2D eigenvalue weighted by atomic mass is 10.1. The average Bonchev–Trinajstić information content (AvgIpc) is 3.07. The maximum absolute atomic E-state index is 13.2. The summed E-state index contributed by atoms with van der Waals surface area (Å²) < 4.78 is 27.6. The number of H-pyrrole nitrogens is 1. The van der Waals surface area contributed by atoms with E-state index in [2.05, 4.69) is 15.5 Å². The maximum atomic E-state index is 13.2. The van der Waals surface area contributed by atoms with Crippen LogP contribution in [0, 0.1) is 6.92 Å². The molecule has 3 aromatic rings. The van der Waals surface area contributed by atoms with Gasteiger partial charge in [0.25, 0.3) is 0 Å². The molecule has 0 bridgehead atoms. The summed E-state index contributed by atoms with van der Waals surface area (Å²) in [6.45, 7) is 2.54. The Labute approximate surface area is 157 Å². The van der Waals surface area contributed by atoms with Crippen LogP contribution in [0.1, 0.15) is 17.5 Å². The highest BCUT2D eigenvalue weighted by Crippen LogP contribution is 2.31. The number of hydrogen-bond donors (Lipinski definition) is 2. The molecule has 0 unspecified atom stereocenters. The van der Waals surface area contributed by atoms with Gasteiger partial charge in [-0.1, -0.05) is 30.3 Å². The fraction of sp³-hybridized carbons (Fsp3) is 0.263. The molecule has 1 saturated heterocycles. The first-order valence-corrected chi connectivity index (χ1v) is 10.2. The van der Waals surface area contributed by atoms with Crippen LogP contribution in [0.4, 0.5) is 0 Å². The van der Waals surface area contributed by atoms with Gasteiger partial charge in [-0.25, -0.2) is 8.42 Å². The number of nitrogens with zero attached hydrogens (tertiary/aromatic N) is 2. The summed E-state index contributed by atoms with van der Waals surface area (Å²) in [4.78, 5) is 12.7. The number of nitrogens with one attached hydrogen (secondary N) is 2. The van der Waals surface area contributed by atoms with Crippen molar-refractivity contribution in [3.63, 3.8) is 0 Å². The third-order valence-electron chi connectivity index (χ3n) is 4.83. The fourth-order valence-corrected chi connectivity index (χ4v) is 5.20. The van der Waals surface area contributed by atoms with E-state index in [1.54, 1.807) is 12.3 Å². The zero-order valence-corrected chi connectivity index (χ0v) is 15.7. The number of aromatic nitrogens is 2. The first kappa shape index (κ1) is 17.7. The van der Waals surface area contributed by atoms with Crippen molar-refractivity contribution >= 4 is 26.8 Å². The summed E-state index contributed by atoms with van der Waals surface area (Å²) in [7, 11) is -3.80. The third kappa shape index (κ3) is 3.22. The van der Waals surface area contributed by atoms with Gasteiger partial charge in [-0.15, -0.1) is 0 Å². The number of hydrogen-bond acceptors (Lipinski definition) is 4. The Morgan fingerprint density at radius 3 is 2.78 bits per heavy atom. The topological polar surface area (TPSA) is 95.2 Å². The Morgan fingerprint density at radius 2 is 2.07 bits per heavy atom. The molecule has 2 aromatic carbocycles. The largest absolute Gasteiger partial charge is 0.351 e. The molecule has 2 N–H and O–H groups in total. The van der Waals surface area contributed by atoms with Crippen molar-refractivity contribution in [3.8, 4) is 0 Å². The van der Waals surface area contributed by atoms with Gasteiger partial charge < -0.3 is 5.32 Å². The summed E-state index contributed by atoms with van der Waals surface area (Å²) in [6, 6.07) is 12.3. The van der Waals surface area contributed by atoms with E-state index < -0.39 is 16.1 Å². The second-order valence-electron chi connectivity index (χ2n) is 6.72. The first-order valence-electron chi connectivity index (χ1n) is 8.74. The normalized spacial score (nSPS) is 17.6. The second-order valence-corrected chi connectivity index (χ2v) is 8.58. The summed E-state index contributed by atoms with van der Waals surface area (Å²) >= 11 is 0. The smallest absolute Gasteiger partial charge is 0.245 e. The summed E-state index contributed by atoms with van der Waals surface area (Å²) in [5.74, 6) is -0.276. The Balaban J connectivity index is 1.55. The van der Waals surface area contributed by atoms with Crippen LogP contribution < -0.4 is 5.32 Å². The minimum atomic E-state index is -3.80. The molecule has 27 heavy (non-hydrogen) atoms. The van der Waals surface area contributed by atoms with Crippen molar-refractivity contribution in [2.45, 2.75) is 30.8 Å². The molecular formula is C19H20N4O3S. The monoisotopic (exact) mass is 384 g/mol. The molecule has 1 aliphatic rings. The first-order chi connectivity index (χ1) is 13.0. The summed E-state index contributed by atoms with van der Waals surface area (Å²) in [5, 5.41) is 10.3. The summed E-state index contributed by atoms with van der Waals surface area (Å²) in [5.41, 5.74) is 2.27. The van der Waals surface area contributed by atoms with E-state index in [9.17, 15) is 13.2 Å². The van der Waals surface area contributed by atoms with Crippen LogP contribution in [0.2, 0.25) is 0 Å². The Morgan fingerprint density at radius 1 is 1.30 bits per heavy atom. The lowest BCUT2D eigenvalue weighted by Crippen LogP contribution is -2.58. The maximum Gasteiger partial charge on any atom is 0.245 e. The molecule has 140 valence electrons. The van der Waals surface area contributed by atoms with Crippen LogP contribution in [0.25, 0.3) is 10.9 Å². The molecule has 0 saturated carbocycles. The number of rotatable bonds is 5. The van der Waals surface area contributed by atoms with Crippen molar-refractivity contribution in [2.75, 3.05) is 6.54 Å². The minimum absolute atomic E-state index is 0.163. The molecule has 0 aliphatic carbocycles. The molecule has 2 heterocycles. The fourth-order valence-electron chi connectivity index (χ4n) is 3.31. The van der Waals surface area contributed by atoms with Crippen LogP contribution in [-0.4, -0.2) is 41.4 Å². The third-order valence-corrected chi connectivity index (χ3v) is 6.76. The summed E-state index contributed by atoms with van der Waals surface area (Å²) in [6.07, 6.45) is 2.11. The molecular weight excluding hydrogens is 364 g/mol. The molecule has 1 fully saturated rings. The minimum Gasteiger partial charge on any atom is -0.351 e. The van der Waals surface area contributed by atoms with Gasteiger partial charge >= 0.3 is 0 Å². The van der Waals surface area contributed by atoms with Gasteiger partial charge in [0, 0.05) is 18.5 Å². The molecule has 1 atom stereocenters. The SMILES string of the molecule is Cc1cc(S(=O)(=O)N2CC[C@H]2C(=O)NCc2ccccc2)c2[nH]ncc2c1. The number of benzene rings is 2. The number of aryl methyl sites for hydroxylation is 1. The Bertz CT molecular complexity index is 1090. The van der Waals surface area contributed by atoms with Gasteiger partial charge in [0.15, 0.2) is 0 Å². The van der Waals surface area contributed by atoms with Crippen molar-refractivity contribution in [3.05, 3.63) is 59.8 Å². The van der Waals surface area contributed by atoms with Crippen molar-refractivity contribution in [1.82, 2.24) is 19.8 Å². The highest BCUT2D eigenvalue weighted by Gasteiger charge is 2.43. The highest BCUT2D eigenvalue weighted by atomic mass is 32.2. The lowest BCUT2D eigenvalue weighted by Gasteiger charge is -2.38. The van der Waals surface area contributed by atoms with Gasteiger partial charge in [-0.2, -0.15) is 9.40 Å². The molecule has 0 radical (unpaired) electrons. The predicted octanol–water partition coefficient (Wildman–Crippen LogP) is 1.95. The van der Waals surface area contributed by atoms with Gasteiger partial charge in [0.2, 0.25) is 15.9 Å². The van der Waals surface area contributed by atoms with E-state index in [0.717, 1.165) is 16.5 Å². The van der Waals surface area contributed by atoms with E-state index in [4.69, 9.17) is 0 Å². The van der Waals surface area contributed by atoms with Crippen molar-refractivity contribution < 1.29 is 13.2 Å². The average molecular weight is 384 g/mol. The highest BCUT2D eigenvalue weighted by molar-refractivity contribution is 7.89. The number of carbonyl (C=O) groups is 1. The predicted molar refractivity (Wildman–Crippen MR) is 101 cm³/mol. The molecule has 1 aliphatic heterocycles. The molecule has 0 spiro atoms. The van der Waals surface area contributed by atoms with E-state index in [1.165, 1.54) is 4.31 Å². The quantitative estimate of drug-likeness (QED) is 0.703. The number of sulfonamides is 1. The zero-order valence-electron chi connectivity index (χ0n) is 14.8. The number of carbonyl (C=O) groups excluding carboxylic acids is 1. The van der Waals surface area contributed by atoms with Crippen LogP contribution >= 0.6 is 0 Å².